The van der Waals surface area contributed by atoms with Gasteiger partial charge in [-0.3, -0.25) is 4.79 Å². The molecule has 0 saturated heterocycles. The molecule has 0 amide bonds. The van der Waals surface area contributed by atoms with E-state index in [4.69, 9.17) is 5.73 Å². The number of benzene rings is 1. The third-order valence-electron chi connectivity index (χ3n) is 1.57. The standard InChI is InChI=1S/C8H9BNO/c1-9-7-3-2-6(5-11)8(10)4-7/h2-5H,10H2,1H3. The molecule has 0 aliphatic heterocycles. The number of carbonyl (C=O) groups excluding carboxylic acids is 1. The van der Waals surface area contributed by atoms with Gasteiger partial charge in [0.25, 0.3) is 0 Å². The highest BCUT2D eigenvalue weighted by Crippen LogP contribution is 2.04. The number of hydrogen-bond acceptors (Lipinski definition) is 2. The summed E-state index contributed by atoms with van der Waals surface area (Å²) >= 11 is 0. The van der Waals surface area contributed by atoms with Gasteiger partial charge in [0.1, 0.15) is 7.28 Å². The molecule has 11 heavy (non-hydrogen) atoms. The molecule has 0 fully saturated rings. The zero-order valence-electron chi connectivity index (χ0n) is 6.37. The van der Waals surface area contributed by atoms with Gasteiger partial charge in [0.05, 0.1) is 0 Å². The molecule has 0 atom stereocenters. The molecule has 1 rings (SSSR count). The van der Waals surface area contributed by atoms with Crippen LogP contribution in [0.5, 0.6) is 0 Å². The molecule has 1 aromatic carbocycles. The van der Waals surface area contributed by atoms with Gasteiger partial charge in [-0.1, -0.05) is 24.4 Å². The van der Waals surface area contributed by atoms with Crippen molar-refractivity contribution in [2.75, 3.05) is 5.73 Å². The van der Waals surface area contributed by atoms with Crippen molar-refractivity contribution in [1.82, 2.24) is 0 Å². The molecule has 3 heteroatoms. The number of anilines is 1. The Balaban J connectivity index is 3.09. The minimum atomic E-state index is 0.538. The van der Waals surface area contributed by atoms with Gasteiger partial charge in [-0.05, 0) is 6.07 Å². The van der Waals surface area contributed by atoms with Crippen LogP contribution in [0.1, 0.15) is 10.4 Å². The Morgan fingerprint density at radius 1 is 1.55 bits per heavy atom. The van der Waals surface area contributed by atoms with Crippen molar-refractivity contribution in [3.63, 3.8) is 0 Å². The van der Waals surface area contributed by atoms with E-state index in [-0.39, 0.29) is 0 Å². The van der Waals surface area contributed by atoms with E-state index in [1.165, 1.54) is 0 Å². The van der Waals surface area contributed by atoms with Crippen molar-refractivity contribution < 1.29 is 4.79 Å². The molecule has 0 saturated carbocycles. The highest BCUT2D eigenvalue weighted by Gasteiger charge is 1.97. The lowest BCUT2D eigenvalue weighted by atomic mass is 9.73. The van der Waals surface area contributed by atoms with E-state index in [0.717, 1.165) is 11.7 Å². The Morgan fingerprint density at radius 2 is 2.27 bits per heavy atom. The summed E-state index contributed by atoms with van der Waals surface area (Å²) in [5, 5.41) is 0. The summed E-state index contributed by atoms with van der Waals surface area (Å²) in [4.78, 5) is 10.3. The second-order valence-corrected chi connectivity index (χ2v) is 2.29. The van der Waals surface area contributed by atoms with Crippen LogP contribution >= 0.6 is 0 Å². The van der Waals surface area contributed by atoms with Crippen molar-refractivity contribution in [2.24, 2.45) is 0 Å². The summed E-state index contributed by atoms with van der Waals surface area (Å²) in [5.41, 5.74) is 7.68. The van der Waals surface area contributed by atoms with E-state index in [0.29, 0.717) is 11.3 Å². The Bertz CT molecular complexity index is 273. The molecule has 2 nitrogen and oxygen atoms in total. The van der Waals surface area contributed by atoms with Crippen LogP contribution in [-0.4, -0.2) is 13.6 Å². The van der Waals surface area contributed by atoms with Gasteiger partial charge in [-0.25, -0.2) is 0 Å². The molecule has 1 aromatic rings. The van der Waals surface area contributed by atoms with Crippen LogP contribution in [0.15, 0.2) is 18.2 Å². The summed E-state index contributed by atoms with van der Waals surface area (Å²) in [6, 6.07) is 5.36. The van der Waals surface area contributed by atoms with E-state index in [1.54, 1.807) is 12.1 Å². The molecule has 0 unspecified atom stereocenters. The topological polar surface area (TPSA) is 43.1 Å². The first kappa shape index (κ1) is 7.86. The Labute approximate surface area is 66.6 Å². The molecule has 0 heterocycles. The van der Waals surface area contributed by atoms with Gasteiger partial charge >= 0.3 is 0 Å². The van der Waals surface area contributed by atoms with E-state index >= 15 is 0 Å². The molecular formula is C8H9BNO. The first-order valence-corrected chi connectivity index (χ1v) is 3.42. The van der Waals surface area contributed by atoms with Crippen LogP contribution in [-0.2, 0) is 0 Å². The number of aldehydes is 1. The fraction of sp³-hybridized carbons (Fsp3) is 0.125. The number of carbonyl (C=O) groups is 1. The maximum atomic E-state index is 10.3. The van der Waals surface area contributed by atoms with Crippen LogP contribution in [0, 0.1) is 0 Å². The second-order valence-electron chi connectivity index (χ2n) is 2.29. The van der Waals surface area contributed by atoms with Gasteiger partial charge in [-0.2, -0.15) is 0 Å². The smallest absolute Gasteiger partial charge is 0.152 e. The minimum absolute atomic E-state index is 0.538. The van der Waals surface area contributed by atoms with Crippen molar-refractivity contribution in [3.05, 3.63) is 23.8 Å². The molecular weight excluding hydrogens is 137 g/mol. The highest BCUT2D eigenvalue weighted by atomic mass is 16.1. The van der Waals surface area contributed by atoms with Crippen molar-refractivity contribution in [2.45, 2.75) is 6.82 Å². The van der Waals surface area contributed by atoms with Gasteiger partial charge < -0.3 is 5.73 Å². The first-order chi connectivity index (χ1) is 5.27. The highest BCUT2D eigenvalue weighted by molar-refractivity contribution is 6.52. The van der Waals surface area contributed by atoms with Gasteiger partial charge in [0.2, 0.25) is 0 Å². The zero-order chi connectivity index (χ0) is 8.27. The van der Waals surface area contributed by atoms with Gasteiger partial charge in [0, 0.05) is 11.3 Å². The Kier molecular flexibility index (Phi) is 2.31. The predicted octanol–water partition coefficient (Wildman–Crippen LogP) is 0.459. The van der Waals surface area contributed by atoms with Crippen LogP contribution in [0.25, 0.3) is 0 Å². The molecule has 0 spiro atoms. The van der Waals surface area contributed by atoms with Gasteiger partial charge in [-0.15, -0.1) is 0 Å². The Hall–Kier alpha value is -1.25. The first-order valence-electron chi connectivity index (χ1n) is 3.42. The number of nitrogen functional groups attached to an aromatic ring is 1. The summed E-state index contributed by atoms with van der Waals surface area (Å²) in [6.07, 6.45) is 0.759. The maximum Gasteiger partial charge on any atom is 0.152 e. The normalized spacial score (nSPS) is 9.18. The number of rotatable bonds is 2. The monoisotopic (exact) mass is 146 g/mol. The Morgan fingerprint density at radius 3 is 2.73 bits per heavy atom. The quantitative estimate of drug-likeness (QED) is 0.374. The third kappa shape index (κ3) is 1.61. The molecule has 0 aliphatic carbocycles. The zero-order valence-corrected chi connectivity index (χ0v) is 6.37. The lowest BCUT2D eigenvalue weighted by Crippen LogP contribution is -2.11. The fourth-order valence-corrected chi connectivity index (χ4v) is 0.880. The summed E-state index contributed by atoms with van der Waals surface area (Å²) in [6.45, 7) is 1.93. The SMILES string of the molecule is C[B]c1ccc(C=O)c(N)c1. The lowest BCUT2D eigenvalue weighted by molar-refractivity contribution is 0.112. The average Bonchev–Trinajstić information content (AvgIpc) is 2.04. The van der Waals surface area contributed by atoms with Crippen LogP contribution < -0.4 is 11.2 Å². The molecule has 0 aliphatic rings. The van der Waals surface area contributed by atoms with E-state index in [2.05, 4.69) is 0 Å². The number of hydrogen-bond donors (Lipinski definition) is 1. The molecule has 0 bridgehead atoms. The largest absolute Gasteiger partial charge is 0.398 e. The van der Waals surface area contributed by atoms with E-state index in [1.807, 2.05) is 20.2 Å². The third-order valence-corrected chi connectivity index (χ3v) is 1.57. The molecule has 1 radical (unpaired) electrons. The number of nitrogens with two attached hydrogens (primary N) is 1. The van der Waals surface area contributed by atoms with E-state index < -0.39 is 0 Å². The maximum absolute atomic E-state index is 10.3. The molecule has 2 N–H and O–H groups in total. The average molecular weight is 146 g/mol. The summed E-state index contributed by atoms with van der Waals surface area (Å²) in [5.74, 6) is 0. The minimum Gasteiger partial charge on any atom is -0.398 e. The van der Waals surface area contributed by atoms with Crippen LogP contribution in [0.3, 0.4) is 0 Å². The van der Waals surface area contributed by atoms with Crippen LogP contribution in [0.2, 0.25) is 6.82 Å². The molecule has 0 aromatic heterocycles. The predicted molar refractivity (Wildman–Crippen MR) is 47.5 cm³/mol. The fourth-order valence-electron chi connectivity index (χ4n) is 0.880. The summed E-state index contributed by atoms with van der Waals surface area (Å²) in [7, 11) is 1.94. The van der Waals surface area contributed by atoms with Crippen LogP contribution in [0.4, 0.5) is 5.69 Å². The van der Waals surface area contributed by atoms with Crippen molar-refractivity contribution >= 4 is 24.7 Å². The van der Waals surface area contributed by atoms with Crippen molar-refractivity contribution in [1.29, 1.82) is 0 Å². The second kappa shape index (κ2) is 3.24. The summed E-state index contributed by atoms with van der Waals surface area (Å²) < 4.78 is 0. The van der Waals surface area contributed by atoms with Gasteiger partial charge in [0.15, 0.2) is 6.29 Å². The van der Waals surface area contributed by atoms with Crippen molar-refractivity contribution in [3.8, 4) is 0 Å². The lowest BCUT2D eigenvalue weighted by Gasteiger charge is -1.99. The van der Waals surface area contributed by atoms with E-state index in [9.17, 15) is 4.79 Å². The molecule has 55 valence electrons.